The predicted molar refractivity (Wildman–Crippen MR) is 224 cm³/mol. The molecule has 4 atom stereocenters. The van der Waals surface area contributed by atoms with Crippen LogP contribution >= 0.6 is 0 Å². The molecule has 0 spiro atoms. The Bertz CT molecular complexity index is 2730. The molecule has 5 heterocycles. The van der Waals surface area contributed by atoms with E-state index >= 15 is 0 Å². The van der Waals surface area contributed by atoms with Crippen LogP contribution in [0.4, 0.5) is 9.59 Å². The van der Waals surface area contributed by atoms with E-state index in [4.69, 9.17) is 23.9 Å². The van der Waals surface area contributed by atoms with Crippen molar-refractivity contribution in [2.75, 3.05) is 27.3 Å². The average molecular weight is 822 g/mol. The molecule has 0 radical (unpaired) electrons. The maximum Gasteiger partial charge on any atom is 0.407 e. The van der Waals surface area contributed by atoms with E-state index in [0.717, 1.165) is 35.0 Å². The zero-order valence-electron chi connectivity index (χ0n) is 33.5. The summed E-state index contributed by atoms with van der Waals surface area (Å²) in [6.45, 7) is 1.02. The minimum atomic E-state index is -0.927. The monoisotopic (exact) mass is 821 g/mol. The Hall–Kier alpha value is -7.49. The molecule has 310 valence electrons. The number of amides is 4. The topological polar surface area (TPSA) is 201 Å². The van der Waals surface area contributed by atoms with Crippen LogP contribution in [0.25, 0.3) is 44.8 Å². The Morgan fingerprint density at radius 3 is 1.87 bits per heavy atom. The zero-order chi connectivity index (χ0) is 42.0. The van der Waals surface area contributed by atoms with Gasteiger partial charge in [0.05, 0.1) is 54.6 Å². The molecule has 2 fully saturated rings. The fraction of sp³-hybridized carbons (Fsp3) is 0.267. The summed E-state index contributed by atoms with van der Waals surface area (Å²) in [6, 6.07) is 27.2. The maximum absolute atomic E-state index is 14.1. The summed E-state index contributed by atoms with van der Waals surface area (Å²) in [5, 5.41) is 5.42. The van der Waals surface area contributed by atoms with Gasteiger partial charge in [0.15, 0.2) is 5.76 Å². The van der Waals surface area contributed by atoms with Gasteiger partial charge in [-0.3, -0.25) is 9.59 Å². The molecule has 7 aromatic rings. The first-order valence-electron chi connectivity index (χ1n) is 20.1. The highest BCUT2D eigenvalue weighted by molar-refractivity contribution is 5.91. The number of nitrogens with zero attached hydrogens (tertiary/aromatic N) is 5. The summed E-state index contributed by atoms with van der Waals surface area (Å²) in [5.41, 5.74) is 5.68. The Kier molecular flexibility index (Phi) is 10.6. The van der Waals surface area contributed by atoms with Crippen molar-refractivity contribution < 1.29 is 33.1 Å². The standard InChI is InChI=1S/C45H43N9O7/c1-59-44(57)51-36(26-12-5-3-6-13-26)42(55)53-22-10-18-33(53)39-47-30-21-20-28(24-32(30)49-39)35-25-46-41(61-35)29-16-9-17-31-38(29)50-40(48-31)34-19-11-23-54(34)43(56)37(52-45(58)60-2)27-14-7-4-8-15-27/h3-9,12-17,20-21,24-25,33-34,36-37H,10-11,18-19,22-23H2,1-2H3,(H,47,49)(H,48,50)(H,51,57)(H,52,58)/t33-,34-,36+,37+/m0/s1. The number of aromatic nitrogens is 5. The van der Waals surface area contributed by atoms with Gasteiger partial charge >= 0.3 is 12.2 Å². The molecule has 16 heteroatoms. The lowest BCUT2D eigenvalue weighted by molar-refractivity contribution is -0.135. The van der Waals surface area contributed by atoms with Gasteiger partial charge in [-0.15, -0.1) is 0 Å². The molecule has 2 saturated heterocycles. The molecular weight excluding hydrogens is 779 g/mol. The minimum Gasteiger partial charge on any atom is -0.453 e. The lowest BCUT2D eigenvalue weighted by Gasteiger charge is -2.28. The van der Waals surface area contributed by atoms with Crippen molar-refractivity contribution in [1.29, 1.82) is 0 Å². The van der Waals surface area contributed by atoms with Gasteiger partial charge < -0.3 is 44.3 Å². The van der Waals surface area contributed by atoms with Crippen LogP contribution in [-0.2, 0) is 19.1 Å². The smallest absolute Gasteiger partial charge is 0.407 e. The molecule has 9 rings (SSSR count). The number of rotatable bonds is 10. The molecule has 0 bridgehead atoms. The highest BCUT2D eigenvalue weighted by Crippen LogP contribution is 2.38. The summed E-state index contributed by atoms with van der Waals surface area (Å²) in [6.07, 6.45) is 3.24. The second kappa shape index (κ2) is 16.6. The lowest BCUT2D eigenvalue weighted by Crippen LogP contribution is -2.42. The number of carbonyl (C=O) groups is 4. The van der Waals surface area contributed by atoms with E-state index in [2.05, 4.69) is 25.6 Å². The highest BCUT2D eigenvalue weighted by Gasteiger charge is 2.39. The van der Waals surface area contributed by atoms with E-state index in [1.807, 2.05) is 72.8 Å². The van der Waals surface area contributed by atoms with Crippen LogP contribution in [-0.4, -0.2) is 86.0 Å². The second-order valence-electron chi connectivity index (χ2n) is 15.0. The largest absolute Gasteiger partial charge is 0.453 e. The van der Waals surface area contributed by atoms with Gasteiger partial charge in [-0.05, 0) is 67.1 Å². The van der Waals surface area contributed by atoms with Crippen LogP contribution in [0.2, 0.25) is 0 Å². The van der Waals surface area contributed by atoms with Crippen LogP contribution in [0.5, 0.6) is 0 Å². The van der Waals surface area contributed by atoms with Gasteiger partial charge in [-0.25, -0.2) is 24.5 Å². The number of aromatic amines is 2. The zero-order valence-corrected chi connectivity index (χ0v) is 33.5. The van der Waals surface area contributed by atoms with Crippen molar-refractivity contribution in [1.82, 2.24) is 45.4 Å². The number of alkyl carbamates (subject to hydrolysis) is 2. The number of H-pyrrole nitrogens is 2. The van der Waals surface area contributed by atoms with Gasteiger partial charge in [0, 0.05) is 18.7 Å². The number of nitrogens with one attached hydrogen (secondary N) is 4. The number of hydrogen-bond acceptors (Lipinski definition) is 10. The third-order valence-corrected chi connectivity index (χ3v) is 11.4. The summed E-state index contributed by atoms with van der Waals surface area (Å²) in [5.74, 6) is 1.70. The summed E-state index contributed by atoms with van der Waals surface area (Å²) in [4.78, 5) is 77.6. The minimum absolute atomic E-state index is 0.243. The number of likely N-dealkylation sites (tertiary alicyclic amines) is 2. The number of fused-ring (bicyclic) bond motifs is 2. The Morgan fingerprint density at radius 2 is 1.28 bits per heavy atom. The van der Waals surface area contributed by atoms with E-state index in [1.165, 1.54) is 14.2 Å². The lowest BCUT2D eigenvalue weighted by atomic mass is 10.1. The first kappa shape index (κ1) is 39.0. The number of oxazole rings is 1. The number of hydrogen-bond donors (Lipinski definition) is 4. The molecule has 0 saturated carbocycles. The summed E-state index contributed by atoms with van der Waals surface area (Å²) >= 11 is 0. The van der Waals surface area contributed by atoms with Gasteiger partial charge in [-0.1, -0.05) is 66.7 Å². The van der Waals surface area contributed by atoms with Crippen LogP contribution in [0, 0.1) is 0 Å². The fourth-order valence-electron chi connectivity index (χ4n) is 8.44. The number of para-hydroxylation sites is 1. The molecule has 0 unspecified atom stereocenters. The van der Waals surface area contributed by atoms with Crippen molar-refractivity contribution in [2.45, 2.75) is 49.9 Å². The van der Waals surface area contributed by atoms with Gasteiger partial charge in [0.2, 0.25) is 5.89 Å². The Labute approximate surface area is 349 Å². The number of carbonyl (C=O) groups excluding carboxylic acids is 4. The van der Waals surface area contributed by atoms with Crippen LogP contribution in [0.1, 0.15) is 72.6 Å². The summed E-state index contributed by atoms with van der Waals surface area (Å²) < 4.78 is 16.1. The fourth-order valence-corrected chi connectivity index (χ4v) is 8.44. The molecule has 4 aromatic carbocycles. The van der Waals surface area contributed by atoms with Crippen molar-refractivity contribution >= 4 is 46.1 Å². The van der Waals surface area contributed by atoms with E-state index in [1.54, 1.807) is 40.3 Å². The number of imidazole rings is 2. The van der Waals surface area contributed by atoms with Crippen LogP contribution in [0.3, 0.4) is 0 Å². The molecule has 2 aliphatic heterocycles. The predicted octanol–water partition coefficient (Wildman–Crippen LogP) is 7.28. The van der Waals surface area contributed by atoms with Crippen molar-refractivity contribution in [3.63, 3.8) is 0 Å². The molecule has 4 N–H and O–H groups in total. The first-order valence-corrected chi connectivity index (χ1v) is 20.1. The highest BCUT2D eigenvalue weighted by atomic mass is 16.5. The molecular formula is C45H43N9O7. The quantitative estimate of drug-likeness (QED) is 0.109. The third kappa shape index (κ3) is 7.63. The van der Waals surface area contributed by atoms with Crippen molar-refractivity contribution in [3.05, 3.63) is 126 Å². The molecule has 3 aromatic heterocycles. The van der Waals surface area contributed by atoms with E-state index in [9.17, 15) is 19.2 Å². The van der Waals surface area contributed by atoms with Gasteiger partial charge in [0.1, 0.15) is 29.2 Å². The van der Waals surface area contributed by atoms with Gasteiger partial charge in [-0.2, -0.15) is 0 Å². The second-order valence-corrected chi connectivity index (χ2v) is 15.0. The number of methoxy groups -OCH3 is 2. The maximum atomic E-state index is 14.1. The molecule has 4 amide bonds. The third-order valence-electron chi connectivity index (χ3n) is 11.4. The average Bonchev–Trinajstić information content (AvgIpc) is 4.16. The Balaban J connectivity index is 0.953. The van der Waals surface area contributed by atoms with Gasteiger partial charge in [0.25, 0.3) is 11.8 Å². The molecule has 16 nitrogen and oxygen atoms in total. The van der Waals surface area contributed by atoms with Crippen LogP contribution in [0.15, 0.2) is 108 Å². The first-order chi connectivity index (χ1) is 29.8. The number of benzene rings is 4. The van der Waals surface area contributed by atoms with E-state index in [0.29, 0.717) is 71.4 Å². The van der Waals surface area contributed by atoms with E-state index < -0.39 is 24.3 Å². The molecule has 2 aliphatic rings. The van der Waals surface area contributed by atoms with Crippen molar-refractivity contribution in [2.24, 2.45) is 0 Å². The Morgan fingerprint density at radius 1 is 0.705 bits per heavy atom. The van der Waals surface area contributed by atoms with Crippen molar-refractivity contribution in [3.8, 4) is 22.8 Å². The molecule has 61 heavy (non-hydrogen) atoms. The van der Waals surface area contributed by atoms with E-state index in [-0.39, 0.29) is 23.9 Å². The summed E-state index contributed by atoms with van der Waals surface area (Å²) in [7, 11) is 2.54. The SMILES string of the molecule is COC(=O)N[C@@H](C(=O)N1CCC[C@H]1c1nc2ccc(-c3cnc(-c4cccc5[nH]c([C@@H]6CCCN6C(=O)[C@H](NC(=O)OC)c6ccccc6)nc45)o3)cc2[nH]1)c1ccccc1. The number of ether oxygens (including phenoxy) is 2. The normalized spacial score (nSPS) is 17.3. The molecule has 0 aliphatic carbocycles. The van der Waals surface area contributed by atoms with Crippen LogP contribution < -0.4 is 10.6 Å².